The van der Waals surface area contributed by atoms with Crippen molar-refractivity contribution in [3.8, 4) is 0 Å². The van der Waals surface area contributed by atoms with Gasteiger partial charge in [0.05, 0.1) is 5.41 Å². The molecule has 0 unspecified atom stereocenters. The Hall–Kier alpha value is -2.00. The first-order chi connectivity index (χ1) is 14.7. The lowest BCUT2D eigenvalue weighted by Crippen LogP contribution is -2.56. The average Bonchev–Trinajstić information content (AvgIpc) is 2.71. The molecule has 0 atom stereocenters. The van der Waals surface area contributed by atoms with E-state index in [0.717, 1.165) is 35.7 Å². The number of nitrogens with zero attached hydrogens (tertiary/aromatic N) is 1. The summed E-state index contributed by atoms with van der Waals surface area (Å²) < 4.78 is 40.8. The number of rotatable bonds is 6. The highest BCUT2D eigenvalue weighted by atomic mass is 32.2. The van der Waals surface area contributed by atoms with Crippen LogP contribution < -0.4 is 10.9 Å². The van der Waals surface area contributed by atoms with Crippen molar-refractivity contribution >= 4 is 21.8 Å². The molecule has 4 aliphatic carbocycles. The maximum absolute atomic E-state index is 14.3. The molecule has 170 valence electrons. The summed E-state index contributed by atoms with van der Waals surface area (Å²) >= 11 is 0. The van der Waals surface area contributed by atoms with Crippen LogP contribution in [-0.2, 0) is 14.8 Å². The Morgan fingerprint density at radius 1 is 1.03 bits per heavy atom. The number of carbonyl (C=O) groups is 2. The lowest BCUT2D eigenvalue weighted by Gasteiger charge is -2.55. The summed E-state index contributed by atoms with van der Waals surface area (Å²) in [6, 6.07) is 3.20. The van der Waals surface area contributed by atoms with Gasteiger partial charge in [0.1, 0.15) is 10.7 Å². The molecule has 4 saturated carbocycles. The fraction of sp³-hybridized carbons (Fsp3) is 0.636. The molecule has 0 radical (unpaired) electrons. The van der Waals surface area contributed by atoms with E-state index >= 15 is 0 Å². The number of carbonyl (C=O) groups excluding carboxylic acids is 2. The largest absolute Gasteiger partial charge is 0.273 e. The highest BCUT2D eigenvalue weighted by Crippen LogP contribution is 2.60. The molecule has 0 heterocycles. The molecular formula is C22H30FN3O4S. The smallest absolute Gasteiger partial charge is 0.269 e. The van der Waals surface area contributed by atoms with Gasteiger partial charge in [0.15, 0.2) is 0 Å². The maximum atomic E-state index is 14.3. The SMILES string of the molecule is CCN(CC)S(=O)(=O)c1cc(C(=O)NNC(=O)C23CC4CC(CC(C4)C2)C3)ccc1F. The van der Waals surface area contributed by atoms with Crippen molar-refractivity contribution in [2.45, 2.75) is 57.3 Å². The van der Waals surface area contributed by atoms with E-state index in [4.69, 9.17) is 0 Å². The van der Waals surface area contributed by atoms with Crippen molar-refractivity contribution < 1.29 is 22.4 Å². The highest BCUT2D eigenvalue weighted by Gasteiger charge is 2.54. The number of hydrazine groups is 1. The summed E-state index contributed by atoms with van der Waals surface area (Å²) in [5, 5.41) is 0. The van der Waals surface area contributed by atoms with Gasteiger partial charge in [-0.15, -0.1) is 0 Å². The van der Waals surface area contributed by atoms with Crippen LogP contribution >= 0.6 is 0 Å². The van der Waals surface area contributed by atoms with Crippen LogP contribution in [0.25, 0.3) is 0 Å². The Labute approximate surface area is 182 Å². The van der Waals surface area contributed by atoms with Gasteiger partial charge >= 0.3 is 0 Å². The molecule has 4 aliphatic rings. The predicted octanol–water partition coefficient (Wildman–Crippen LogP) is 2.83. The molecule has 7 nitrogen and oxygen atoms in total. The third-order valence-corrected chi connectivity index (χ3v) is 9.39. The number of hydrogen-bond acceptors (Lipinski definition) is 4. The number of nitrogens with one attached hydrogen (secondary N) is 2. The minimum Gasteiger partial charge on any atom is -0.273 e. The number of hydrogen-bond donors (Lipinski definition) is 2. The lowest BCUT2D eigenvalue weighted by atomic mass is 9.49. The lowest BCUT2D eigenvalue weighted by molar-refractivity contribution is -0.147. The van der Waals surface area contributed by atoms with Gasteiger partial charge in [0, 0.05) is 18.7 Å². The van der Waals surface area contributed by atoms with E-state index in [1.54, 1.807) is 13.8 Å². The van der Waals surface area contributed by atoms with Gasteiger partial charge in [-0.2, -0.15) is 4.31 Å². The van der Waals surface area contributed by atoms with Crippen LogP contribution in [-0.4, -0.2) is 37.6 Å². The second kappa shape index (κ2) is 8.16. The molecule has 2 N–H and O–H groups in total. The van der Waals surface area contributed by atoms with Crippen molar-refractivity contribution in [2.24, 2.45) is 23.2 Å². The van der Waals surface area contributed by atoms with Crippen molar-refractivity contribution in [3.63, 3.8) is 0 Å². The van der Waals surface area contributed by atoms with Gasteiger partial charge in [-0.3, -0.25) is 20.4 Å². The van der Waals surface area contributed by atoms with Gasteiger partial charge in [-0.25, -0.2) is 12.8 Å². The second-order valence-corrected chi connectivity index (χ2v) is 11.2. The Bertz CT molecular complexity index is 955. The second-order valence-electron chi connectivity index (χ2n) is 9.34. The fourth-order valence-corrected chi connectivity index (χ4v) is 7.80. The first-order valence-corrected chi connectivity index (χ1v) is 12.5. The van der Waals surface area contributed by atoms with Crippen molar-refractivity contribution in [3.05, 3.63) is 29.6 Å². The zero-order valence-corrected chi connectivity index (χ0v) is 18.8. The number of sulfonamides is 1. The fourth-order valence-electron chi connectivity index (χ4n) is 6.25. The summed E-state index contributed by atoms with van der Waals surface area (Å²) in [5.74, 6) is 0.0288. The summed E-state index contributed by atoms with van der Waals surface area (Å²) in [6.07, 6.45) is 6.21. The molecule has 4 fully saturated rings. The van der Waals surface area contributed by atoms with Crippen LogP contribution in [0.2, 0.25) is 0 Å². The first-order valence-electron chi connectivity index (χ1n) is 11.1. The van der Waals surface area contributed by atoms with Crippen LogP contribution in [0, 0.1) is 29.0 Å². The zero-order chi connectivity index (χ0) is 22.4. The molecular weight excluding hydrogens is 421 g/mol. The molecule has 0 spiro atoms. The number of benzene rings is 1. The zero-order valence-electron chi connectivity index (χ0n) is 18.0. The number of amides is 2. The van der Waals surface area contributed by atoms with Crippen molar-refractivity contribution in [1.82, 2.24) is 15.2 Å². The van der Waals surface area contributed by atoms with E-state index in [9.17, 15) is 22.4 Å². The molecule has 4 bridgehead atoms. The average molecular weight is 452 g/mol. The van der Waals surface area contributed by atoms with E-state index in [1.165, 1.54) is 25.3 Å². The van der Waals surface area contributed by atoms with Crippen molar-refractivity contribution in [2.75, 3.05) is 13.1 Å². The first kappa shape index (κ1) is 22.2. The molecule has 9 heteroatoms. The summed E-state index contributed by atoms with van der Waals surface area (Å²) in [7, 11) is -4.06. The molecule has 1 aromatic rings. The molecule has 0 aliphatic heterocycles. The van der Waals surface area contributed by atoms with Gasteiger partial charge in [0.2, 0.25) is 15.9 Å². The summed E-state index contributed by atoms with van der Waals surface area (Å²) in [4.78, 5) is 25.1. The van der Waals surface area contributed by atoms with E-state index in [2.05, 4.69) is 10.9 Å². The third kappa shape index (κ3) is 3.98. The maximum Gasteiger partial charge on any atom is 0.269 e. The quantitative estimate of drug-likeness (QED) is 0.650. The summed E-state index contributed by atoms with van der Waals surface area (Å²) in [6.45, 7) is 3.70. The monoisotopic (exact) mass is 451 g/mol. The highest BCUT2D eigenvalue weighted by molar-refractivity contribution is 7.89. The minimum atomic E-state index is -4.06. The topological polar surface area (TPSA) is 95.6 Å². The third-order valence-electron chi connectivity index (χ3n) is 7.33. The Kier molecular flexibility index (Phi) is 5.85. The van der Waals surface area contributed by atoms with Gasteiger partial charge in [-0.05, 0) is 74.5 Å². The Balaban J connectivity index is 1.46. The molecule has 31 heavy (non-hydrogen) atoms. The predicted molar refractivity (Wildman–Crippen MR) is 113 cm³/mol. The van der Waals surface area contributed by atoms with Crippen LogP contribution in [0.4, 0.5) is 4.39 Å². The van der Waals surface area contributed by atoms with Crippen LogP contribution in [0.1, 0.15) is 62.7 Å². The van der Waals surface area contributed by atoms with Gasteiger partial charge < -0.3 is 0 Å². The van der Waals surface area contributed by atoms with E-state index < -0.39 is 32.1 Å². The number of halogens is 1. The van der Waals surface area contributed by atoms with Crippen LogP contribution in [0.5, 0.6) is 0 Å². The minimum absolute atomic E-state index is 0.0297. The van der Waals surface area contributed by atoms with E-state index in [1.807, 2.05) is 0 Å². The van der Waals surface area contributed by atoms with Gasteiger partial charge in [0.25, 0.3) is 5.91 Å². The van der Waals surface area contributed by atoms with E-state index in [-0.39, 0.29) is 24.6 Å². The van der Waals surface area contributed by atoms with Gasteiger partial charge in [-0.1, -0.05) is 13.8 Å². The Morgan fingerprint density at radius 2 is 1.58 bits per heavy atom. The summed E-state index contributed by atoms with van der Waals surface area (Å²) in [5.41, 5.74) is 4.53. The molecule has 2 amide bonds. The normalized spacial score (nSPS) is 29.2. The molecule has 1 aromatic carbocycles. The van der Waals surface area contributed by atoms with Crippen molar-refractivity contribution in [1.29, 1.82) is 0 Å². The molecule has 0 saturated heterocycles. The van der Waals surface area contributed by atoms with Crippen LogP contribution in [0.3, 0.4) is 0 Å². The van der Waals surface area contributed by atoms with E-state index in [0.29, 0.717) is 17.8 Å². The molecule has 5 rings (SSSR count). The standard InChI is InChI=1S/C22H30FN3O4S/c1-3-26(4-2)31(29,30)19-10-17(5-6-18(19)23)20(27)24-25-21(28)22-11-14-7-15(12-22)9-16(8-14)13-22/h5-6,10,14-16H,3-4,7-9,11-13H2,1-2H3,(H,24,27)(H,25,28). The molecule has 0 aromatic heterocycles. The Morgan fingerprint density at radius 3 is 2.10 bits per heavy atom. The van der Waals surface area contributed by atoms with Crippen LogP contribution in [0.15, 0.2) is 23.1 Å².